The van der Waals surface area contributed by atoms with Crippen molar-refractivity contribution in [3.05, 3.63) is 29.8 Å². The Morgan fingerprint density at radius 2 is 2.22 bits per heavy atom. The van der Waals surface area contributed by atoms with Gasteiger partial charge in [0.15, 0.2) is 0 Å². The smallest absolute Gasteiger partial charge is 0.331 e. The average molecular weight is 313 g/mol. The van der Waals surface area contributed by atoms with Gasteiger partial charge in [0.2, 0.25) is 0 Å². The Bertz CT molecular complexity index is 735. The predicted molar refractivity (Wildman–Crippen MR) is 78.2 cm³/mol. The summed E-state index contributed by atoms with van der Waals surface area (Å²) in [6, 6.07) is 7.46. The van der Waals surface area contributed by atoms with Gasteiger partial charge in [-0.3, -0.25) is 9.69 Å². The van der Waals surface area contributed by atoms with Gasteiger partial charge in [-0.05, 0) is 43.9 Å². The van der Waals surface area contributed by atoms with E-state index in [0.29, 0.717) is 5.56 Å². The molecule has 0 radical (unpaired) electrons. The number of benzene rings is 1. The summed E-state index contributed by atoms with van der Waals surface area (Å²) in [5.41, 5.74) is -0.565. The summed E-state index contributed by atoms with van der Waals surface area (Å²) < 4.78 is 5.10. The normalized spacial score (nSPS) is 23.4. The van der Waals surface area contributed by atoms with Crippen LogP contribution in [0, 0.1) is 17.2 Å². The molecule has 1 atom stereocenters. The minimum absolute atomic E-state index is 0.132. The van der Waals surface area contributed by atoms with Crippen molar-refractivity contribution in [1.29, 1.82) is 5.26 Å². The first-order valence-electron chi connectivity index (χ1n) is 7.29. The lowest BCUT2D eigenvalue weighted by molar-refractivity contribution is -0.141. The maximum Gasteiger partial charge on any atom is 0.331 e. The Labute approximate surface area is 132 Å². The molecule has 23 heavy (non-hydrogen) atoms. The molecule has 0 spiro atoms. The first kappa shape index (κ1) is 15.0. The molecular weight excluding hydrogens is 298 g/mol. The van der Waals surface area contributed by atoms with Crippen LogP contribution in [0.25, 0.3) is 0 Å². The molecule has 1 saturated carbocycles. The van der Waals surface area contributed by atoms with Gasteiger partial charge in [-0.25, -0.2) is 9.59 Å². The summed E-state index contributed by atoms with van der Waals surface area (Å²) in [6.07, 6.45) is 1.78. The van der Waals surface area contributed by atoms with Crippen molar-refractivity contribution in [2.24, 2.45) is 5.92 Å². The molecule has 1 aromatic rings. The summed E-state index contributed by atoms with van der Waals surface area (Å²) in [5, 5.41) is 11.5. The molecule has 1 aliphatic carbocycles. The van der Waals surface area contributed by atoms with Crippen molar-refractivity contribution in [3.8, 4) is 11.8 Å². The van der Waals surface area contributed by atoms with Crippen molar-refractivity contribution in [3.63, 3.8) is 0 Å². The highest BCUT2D eigenvalue weighted by Crippen LogP contribution is 2.42. The SMILES string of the molecule is C[C@]1(C2CC2)NC(=O)N(CC(=O)Oc2cccc(C#N)c2)C1=O. The fourth-order valence-corrected chi connectivity index (χ4v) is 2.72. The van der Waals surface area contributed by atoms with Crippen LogP contribution in [0.2, 0.25) is 0 Å². The van der Waals surface area contributed by atoms with Crippen LogP contribution in [0.1, 0.15) is 25.3 Å². The third-order valence-electron chi connectivity index (χ3n) is 4.18. The zero-order chi connectivity index (χ0) is 16.6. The fraction of sp³-hybridized carbons (Fsp3) is 0.375. The molecule has 1 N–H and O–H groups in total. The van der Waals surface area contributed by atoms with Gasteiger partial charge in [0.05, 0.1) is 11.6 Å². The topological polar surface area (TPSA) is 99.5 Å². The summed E-state index contributed by atoms with van der Waals surface area (Å²) in [7, 11) is 0. The van der Waals surface area contributed by atoms with E-state index in [9.17, 15) is 14.4 Å². The van der Waals surface area contributed by atoms with E-state index in [1.54, 1.807) is 19.1 Å². The number of rotatable bonds is 4. The Morgan fingerprint density at radius 3 is 2.87 bits per heavy atom. The number of hydrogen-bond acceptors (Lipinski definition) is 5. The number of nitrogens with zero attached hydrogens (tertiary/aromatic N) is 2. The minimum Gasteiger partial charge on any atom is -0.425 e. The van der Waals surface area contributed by atoms with Gasteiger partial charge in [0.25, 0.3) is 5.91 Å². The Kier molecular flexibility index (Phi) is 3.52. The number of ether oxygens (including phenoxy) is 1. The number of amides is 3. The fourth-order valence-electron chi connectivity index (χ4n) is 2.72. The van der Waals surface area contributed by atoms with Crippen LogP contribution in [-0.2, 0) is 9.59 Å². The van der Waals surface area contributed by atoms with Gasteiger partial charge in [0.1, 0.15) is 17.8 Å². The van der Waals surface area contributed by atoms with Crippen molar-refractivity contribution in [2.75, 3.05) is 6.54 Å². The number of urea groups is 1. The Balaban J connectivity index is 1.67. The van der Waals surface area contributed by atoms with Gasteiger partial charge in [-0.15, -0.1) is 0 Å². The van der Waals surface area contributed by atoms with Crippen molar-refractivity contribution in [2.45, 2.75) is 25.3 Å². The Morgan fingerprint density at radius 1 is 1.48 bits per heavy atom. The van der Waals surface area contributed by atoms with E-state index < -0.39 is 30.0 Å². The lowest BCUT2D eigenvalue weighted by Gasteiger charge is -2.20. The van der Waals surface area contributed by atoms with Crippen LogP contribution in [0.15, 0.2) is 24.3 Å². The molecule has 3 amide bonds. The maximum atomic E-state index is 12.4. The van der Waals surface area contributed by atoms with E-state index in [0.717, 1.165) is 17.7 Å². The lowest BCUT2D eigenvalue weighted by Crippen LogP contribution is -2.46. The van der Waals surface area contributed by atoms with Gasteiger partial charge in [0, 0.05) is 0 Å². The zero-order valence-electron chi connectivity index (χ0n) is 12.5. The van der Waals surface area contributed by atoms with Gasteiger partial charge < -0.3 is 10.1 Å². The molecule has 1 heterocycles. The molecular formula is C16H15N3O4. The van der Waals surface area contributed by atoms with Crippen LogP contribution in [0.4, 0.5) is 4.79 Å². The summed E-state index contributed by atoms with van der Waals surface area (Å²) in [5.74, 6) is -0.797. The second-order valence-corrected chi connectivity index (χ2v) is 5.91. The molecule has 0 bridgehead atoms. The molecule has 118 valence electrons. The second-order valence-electron chi connectivity index (χ2n) is 5.91. The largest absolute Gasteiger partial charge is 0.425 e. The van der Waals surface area contributed by atoms with Gasteiger partial charge in [-0.1, -0.05) is 6.07 Å². The van der Waals surface area contributed by atoms with E-state index in [2.05, 4.69) is 5.32 Å². The third-order valence-corrected chi connectivity index (χ3v) is 4.18. The molecule has 2 fully saturated rings. The van der Waals surface area contributed by atoms with Crippen molar-refractivity contribution < 1.29 is 19.1 Å². The number of carbonyl (C=O) groups is 3. The first-order valence-corrected chi connectivity index (χ1v) is 7.29. The molecule has 1 saturated heterocycles. The average Bonchev–Trinajstić information content (AvgIpc) is 3.34. The quantitative estimate of drug-likeness (QED) is 0.511. The second kappa shape index (κ2) is 5.39. The predicted octanol–water partition coefficient (Wildman–Crippen LogP) is 1.18. The summed E-state index contributed by atoms with van der Waals surface area (Å²) in [6.45, 7) is 1.23. The molecule has 0 aromatic heterocycles. The van der Waals surface area contributed by atoms with Crippen LogP contribution in [0.3, 0.4) is 0 Å². The van der Waals surface area contributed by atoms with Gasteiger partial charge in [-0.2, -0.15) is 5.26 Å². The van der Waals surface area contributed by atoms with Crippen LogP contribution in [0.5, 0.6) is 5.75 Å². The minimum atomic E-state index is -0.919. The number of nitrogens with one attached hydrogen (secondary N) is 1. The van der Waals surface area contributed by atoms with Crippen LogP contribution < -0.4 is 10.1 Å². The van der Waals surface area contributed by atoms with E-state index >= 15 is 0 Å². The van der Waals surface area contributed by atoms with Crippen molar-refractivity contribution >= 4 is 17.9 Å². The van der Waals surface area contributed by atoms with E-state index in [1.165, 1.54) is 12.1 Å². The highest BCUT2D eigenvalue weighted by molar-refractivity contribution is 6.08. The standard InChI is InChI=1S/C16H15N3O4/c1-16(11-5-6-11)14(21)19(15(22)18-16)9-13(20)23-12-4-2-3-10(7-12)8-17/h2-4,7,11H,5-6,9H2,1H3,(H,18,22)/t16-/m1/s1. The monoisotopic (exact) mass is 313 g/mol. The molecule has 2 aliphatic rings. The van der Waals surface area contributed by atoms with Crippen LogP contribution >= 0.6 is 0 Å². The van der Waals surface area contributed by atoms with Crippen molar-refractivity contribution in [1.82, 2.24) is 10.2 Å². The Hall–Kier alpha value is -2.88. The first-order chi connectivity index (χ1) is 10.9. The highest BCUT2D eigenvalue weighted by atomic mass is 16.5. The van der Waals surface area contributed by atoms with E-state index in [1.807, 2.05) is 6.07 Å². The maximum absolute atomic E-state index is 12.4. The third kappa shape index (κ3) is 2.75. The molecule has 3 rings (SSSR count). The lowest BCUT2D eigenvalue weighted by atomic mass is 9.96. The summed E-state index contributed by atoms with van der Waals surface area (Å²) in [4.78, 5) is 37.2. The zero-order valence-corrected chi connectivity index (χ0v) is 12.5. The molecule has 1 aromatic carbocycles. The number of carbonyl (C=O) groups excluding carboxylic acids is 3. The molecule has 7 nitrogen and oxygen atoms in total. The molecule has 1 aliphatic heterocycles. The number of esters is 1. The van der Waals surface area contributed by atoms with E-state index in [4.69, 9.17) is 10.00 Å². The van der Waals surface area contributed by atoms with Crippen LogP contribution in [-0.4, -0.2) is 34.9 Å². The number of imide groups is 1. The number of nitriles is 1. The van der Waals surface area contributed by atoms with E-state index in [-0.39, 0.29) is 11.7 Å². The number of hydrogen-bond donors (Lipinski definition) is 1. The van der Waals surface area contributed by atoms with Gasteiger partial charge >= 0.3 is 12.0 Å². The molecule has 0 unspecified atom stereocenters. The molecule has 7 heteroatoms. The highest BCUT2D eigenvalue weighted by Gasteiger charge is 2.56. The summed E-state index contributed by atoms with van der Waals surface area (Å²) >= 11 is 0.